The second kappa shape index (κ2) is 10.3. The van der Waals surface area contributed by atoms with E-state index in [0.717, 1.165) is 16.0 Å². The minimum absolute atomic E-state index is 0.0223. The minimum atomic E-state index is -0.313. The molecule has 0 N–H and O–H groups in total. The fraction of sp³-hybridized carbons (Fsp3) is 0.429. The van der Waals surface area contributed by atoms with Crippen molar-refractivity contribution in [3.05, 3.63) is 57.5 Å². The first-order valence-electron chi connectivity index (χ1n) is 9.15. The van der Waals surface area contributed by atoms with Gasteiger partial charge in [-0.2, -0.15) is 0 Å². The van der Waals surface area contributed by atoms with E-state index >= 15 is 0 Å². The normalized spacial score (nSPS) is 10.9. The predicted octanol–water partition coefficient (Wildman–Crippen LogP) is 3.61. The molecule has 0 aliphatic carbocycles. The highest BCUT2D eigenvalue weighted by atomic mass is 32.1. The van der Waals surface area contributed by atoms with Gasteiger partial charge in [0.1, 0.15) is 19.0 Å². The van der Waals surface area contributed by atoms with Gasteiger partial charge in [-0.1, -0.05) is 12.1 Å². The van der Waals surface area contributed by atoms with Crippen LogP contribution in [-0.2, 0) is 27.4 Å². The van der Waals surface area contributed by atoms with Crippen molar-refractivity contribution in [1.29, 1.82) is 0 Å². The number of nitrogens with zero attached hydrogens (tertiary/aromatic N) is 2. The predicted molar refractivity (Wildman–Crippen MR) is 108 cm³/mol. The molecule has 0 bridgehead atoms. The van der Waals surface area contributed by atoms with Crippen molar-refractivity contribution in [3.8, 4) is 0 Å². The van der Waals surface area contributed by atoms with Crippen LogP contribution >= 0.6 is 11.3 Å². The SMILES string of the molecule is COCC(=O)N(CC(=O)N(Cc1ccc(F)cc1)Cc1sccc1C)C(C)C. The smallest absolute Gasteiger partial charge is 0.249 e. The number of thiophene rings is 1. The van der Waals surface area contributed by atoms with Crippen LogP contribution in [0.2, 0.25) is 0 Å². The van der Waals surface area contributed by atoms with Gasteiger partial charge in [0.15, 0.2) is 0 Å². The number of hydrogen-bond acceptors (Lipinski definition) is 4. The monoisotopic (exact) mass is 406 g/mol. The number of amides is 2. The number of aryl methyl sites for hydroxylation is 1. The Hall–Kier alpha value is -2.25. The maximum Gasteiger partial charge on any atom is 0.249 e. The zero-order chi connectivity index (χ0) is 20.7. The Kier molecular flexibility index (Phi) is 8.14. The van der Waals surface area contributed by atoms with Crippen molar-refractivity contribution in [2.24, 2.45) is 0 Å². The number of rotatable bonds is 9. The van der Waals surface area contributed by atoms with Crippen LogP contribution in [0.15, 0.2) is 35.7 Å². The lowest BCUT2D eigenvalue weighted by Gasteiger charge is -2.30. The van der Waals surface area contributed by atoms with E-state index in [9.17, 15) is 14.0 Å². The Balaban J connectivity index is 2.20. The molecule has 0 aliphatic heterocycles. The van der Waals surface area contributed by atoms with Crippen LogP contribution in [-0.4, -0.2) is 47.9 Å². The van der Waals surface area contributed by atoms with E-state index in [1.54, 1.807) is 28.4 Å². The van der Waals surface area contributed by atoms with Crippen LogP contribution in [0.25, 0.3) is 0 Å². The summed E-state index contributed by atoms with van der Waals surface area (Å²) < 4.78 is 18.2. The molecule has 1 aromatic carbocycles. The molecule has 2 aromatic rings. The first-order chi connectivity index (χ1) is 13.3. The van der Waals surface area contributed by atoms with Gasteiger partial charge in [0.2, 0.25) is 11.8 Å². The van der Waals surface area contributed by atoms with E-state index in [1.807, 2.05) is 32.2 Å². The molecule has 0 unspecified atom stereocenters. The van der Waals surface area contributed by atoms with Crippen molar-refractivity contribution in [2.75, 3.05) is 20.3 Å². The Morgan fingerprint density at radius 2 is 1.79 bits per heavy atom. The number of methoxy groups -OCH3 is 1. The topological polar surface area (TPSA) is 49.9 Å². The highest BCUT2D eigenvalue weighted by Crippen LogP contribution is 2.20. The summed E-state index contributed by atoms with van der Waals surface area (Å²) in [6.07, 6.45) is 0. The third-order valence-corrected chi connectivity index (χ3v) is 5.47. The minimum Gasteiger partial charge on any atom is -0.375 e. The van der Waals surface area contributed by atoms with Crippen LogP contribution in [0.4, 0.5) is 4.39 Å². The van der Waals surface area contributed by atoms with Crippen molar-refractivity contribution >= 4 is 23.2 Å². The van der Waals surface area contributed by atoms with Gasteiger partial charge in [-0.3, -0.25) is 9.59 Å². The summed E-state index contributed by atoms with van der Waals surface area (Å²) >= 11 is 1.59. The van der Waals surface area contributed by atoms with Crippen LogP contribution in [0.1, 0.15) is 29.9 Å². The van der Waals surface area contributed by atoms with E-state index in [2.05, 4.69) is 0 Å². The first kappa shape index (κ1) is 22.0. The largest absolute Gasteiger partial charge is 0.375 e. The average Bonchev–Trinajstić information content (AvgIpc) is 3.05. The molecule has 0 atom stereocenters. The van der Waals surface area contributed by atoms with E-state index in [1.165, 1.54) is 24.1 Å². The number of hydrogen-bond donors (Lipinski definition) is 0. The van der Waals surface area contributed by atoms with Gasteiger partial charge < -0.3 is 14.5 Å². The van der Waals surface area contributed by atoms with Crippen LogP contribution in [0.3, 0.4) is 0 Å². The zero-order valence-electron chi connectivity index (χ0n) is 16.8. The molecule has 1 aromatic heterocycles. The summed E-state index contributed by atoms with van der Waals surface area (Å²) in [7, 11) is 1.46. The second-order valence-electron chi connectivity index (χ2n) is 6.95. The number of benzene rings is 1. The fourth-order valence-corrected chi connectivity index (χ4v) is 3.71. The molecule has 0 aliphatic rings. The van der Waals surface area contributed by atoms with E-state index in [0.29, 0.717) is 13.1 Å². The Labute approximate surface area is 169 Å². The first-order valence-corrected chi connectivity index (χ1v) is 10.0. The molecule has 0 saturated carbocycles. The zero-order valence-corrected chi connectivity index (χ0v) is 17.6. The summed E-state index contributed by atoms with van der Waals surface area (Å²) in [6, 6.07) is 8.01. The van der Waals surface area contributed by atoms with Crippen molar-refractivity contribution in [3.63, 3.8) is 0 Å². The molecule has 0 fully saturated rings. The third kappa shape index (κ3) is 6.14. The summed E-state index contributed by atoms with van der Waals surface area (Å²) in [5.41, 5.74) is 1.96. The third-order valence-electron chi connectivity index (χ3n) is 4.46. The fourth-order valence-electron chi connectivity index (χ4n) is 2.79. The van der Waals surface area contributed by atoms with Gasteiger partial charge in [0.25, 0.3) is 0 Å². The van der Waals surface area contributed by atoms with Gasteiger partial charge in [0.05, 0.1) is 6.54 Å². The van der Waals surface area contributed by atoms with Gasteiger partial charge in [-0.05, 0) is 55.5 Å². The molecule has 0 radical (unpaired) electrons. The molecule has 28 heavy (non-hydrogen) atoms. The molecule has 2 rings (SSSR count). The highest BCUT2D eigenvalue weighted by Gasteiger charge is 2.24. The Bertz CT molecular complexity index is 789. The highest BCUT2D eigenvalue weighted by molar-refractivity contribution is 7.10. The van der Waals surface area contributed by atoms with Crippen molar-refractivity contribution in [2.45, 2.75) is 39.9 Å². The summed E-state index contributed by atoms with van der Waals surface area (Å²) in [5.74, 6) is -0.693. The maximum atomic E-state index is 13.2. The summed E-state index contributed by atoms with van der Waals surface area (Å²) in [6.45, 7) is 6.46. The molecular formula is C21H27FN2O3S. The van der Waals surface area contributed by atoms with E-state index < -0.39 is 0 Å². The van der Waals surface area contributed by atoms with Crippen molar-refractivity contribution < 1.29 is 18.7 Å². The van der Waals surface area contributed by atoms with Gasteiger partial charge in [0, 0.05) is 24.6 Å². The molecule has 152 valence electrons. The lowest BCUT2D eigenvalue weighted by Crippen LogP contribution is -2.46. The number of carbonyl (C=O) groups is 2. The van der Waals surface area contributed by atoms with Crippen LogP contribution in [0.5, 0.6) is 0 Å². The average molecular weight is 407 g/mol. The Morgan fingerprint density at radius 1 is 1.11 bits per heavy atom. The molecule has 0 spiro atoms. The van der Waals surface area contributed by atoms with Gasteiger partial charge in [-0.15, -0.1) is 11.3 Å². The molecule has 1 heterocycles. The molecule has 0 saturated heterocycles. The standard InChI is InChI=1S/C21H27FN2O3S/c1-15(2)24(21(26)14-27-4)13-20(25)23(12-19-16(3)9-10-28-19)11-17-5-7-18(22)8-6-17/h5-10,15H,11-14H2,1-4H3. The second-order valence-corrected chi connectivity index (χ2v) is 7.95. The molecule has 2 amide bonds. The number of carbonyl (C=O) groups excluding carboxylic acids is 2. The number of halogens is 1. The lowest BCUT2D eigenvalue weighted by atomic mass is 10.2. The maximum absolute atomic E-state index is 13.2. The summed E-state index contributed by atoms with van der Waals surface area (Å²) in [4.78, 5) is 29.7. The van der Waals surface area contributed by atoms with Crippen LogP contribution < -0.4 is 0 Å². The number of ether oxygens (including phenoxy) is 1. The Morgan fingerprint density at radius 3 is 2.32 bits per heavy atom. The quantitative estimate of drug-likeness (QED) is 0.639. The molecular weight excluding hydrogens is 379 g/mol. The van der Waals surface area contributed by atoms with E-state index in [-0.39, 0.29) is 36.8 Å². The molecule has 5 nitrogen and oxygen atoms in total. The van der Waals surface area contributed by atoms with E-state index in [4.69, 9.17) is 4.74 Å². The summed E-state index contributed by atoms with van der Waals surface area (Å²) in [5, 5.41) is 1.99. The lowest BCUT2D eigenvalue weighted by molar-refractivity contribution is -0.144. The molecule has 7 heteroatoms. The van der Waals surface area contributed by atoms with Crippen molar-refractivity contribution in [1.82, 2.24) is 9.80 Å². The van der Waals surface area contributed by atoms with Gasteiger partial charge >= 0.3 is 0 Å². The van der Waals surface area contributed by atoms with Gasteiger partial charge in [-0.25, -0.2) is 4.39 Å². The van der Waals surface area contributed by atoms with Crippen LogP contribution in [0, 0.1) is 12.7 Å².